The van der Waals surface area contributed by atoms with E-state index in [2.05, 4.69) is 31.5 Å². The van der Waals surface area contributed by atoms with Crippen LogP contribution in [0.5, 0.6) is 0 Å². The lowest BCUT2D eigenvalue weighted by molar-refractivity contribution is -0.208. The third-order valence-corrected chi connectivity index (χ3v) is 6.80. The quantitative estimate of drug-likeness (QED) is 0.138. The molecule has 3 aromatic rings. The summed E-state index contributed by atoms with van der Waals surface area (Å²) < 4.78 is 60.0. The minimum absolute atomic E-state index is 0. The van der Waals surface area contributed by atoms with E-state index in [-0.39, 0.29) is 36.9 Å². The van der Waals surface area contributed by atoms with Crippen molar-refractivity contribution in [2.45, 2.75) is 66.0 Å². The van der Waals surface area contributed by atoms with Crippen molar-refractivity contribution in [1.82, 2.24) is 9.97 Å². The Balaban J connectivity index is 0.00000560. The standard InChI is InChI=1S/C31H34F4N2O2.H2/c1-7-9-21-17-26-27(16-20(21)8-2)37-28(18-36-26)23-11-10-22(25(32)15-23)14-24(38)12-19(3)13-29(39-6)30(4,5)31(33,34)35;/h10-11,13,15-18H,3,7-9,12,14H2,1-2,4-6H3;1H/b29-13-;. The Bertz CT molecular complexity index is 1410. The fourth-order valence-corrected chi connectivity index (χ4v) is 4.36. The van der Waals surface area contributed by atoms with Crippen molar-refractivity contribution in [1.29, 1.82) is 0 Å². The molecule has 1 heterocycles. The number of fused-ring (bicyclic) bond motifs is 1. The maximum Gasteiger partial charge on any atom is 0.400 e. The van der Waals surface area contributed by atoms with Crippen molar-refractivity contribution in [3.05, 3.63) is 83.0 Å². The van der Waals surface area contributed by atoms with Crippen molar-refractivity contribution < 1.29 is 28.5 Å². The van der Waals surface area contributed by atoms with Gasteiger partial charge >= 0.3 is 6.18 Å². The molecular formula is C31H36F4N2O2. The number of aryl methyl sites for hydroxylation is 2. The predicted octanol–water partition coefficient (Wildman–Crippen LogP) is 8.37. The zero-order chi connectivity index (χ0) is 29.0. The molecule has 0 aliphatic carbocycles. The molecule has 0 amide bonds. The molecule has 0 radical (unpaired) electrons. The fourth-order valence-electron chi connectivity index (χ4n) is 4.36. The van der Waals surface area contributed by atoms with E-state index >= 15 is 0 Å². The second-order valence-electron chi connectivity index (χ2n) is 10.2. The molecule has 39 heavy (non-hydrogen) atoms. The van der Waals surface area contributed by atoms with Gasteiger partial charge in [0, 0.05) is 19.8 Å². The summed E-state index contributed by atoms with van der Waals surface area (Å²) >= 11 is 0. The van der Waals surface area contributed by atoms with Gasteiger partial charge in [0.15, 0.2) is 0 Å². The lowest BCUT2D eigenvalue weighted by Crippen LogP contribution is -2.34. The van der Waals surface area contributed by atoms with Gasteiger partial charge in [-0.2, -0.15) is 13.2 Å². The van der Waals surface area contributed by atoms with Crippen LogP contribution in [0.25, 0.3) is 22.3 Å². The SMILES string of the molecule is C=C(/C=C(\OC)C(C)(C)C(F)(F)F)CC(=O)Cc1ccc(-c2cnc3cc(CCC)c(CC)cc3n2)cc1F.[HH]. The average Bonchev–Trinajstić information content (AvgIpc) is 2.87. The minimum Gasteiger partial charge on any atom is -0.500 e. The molecule has 0 spiro atoms. The van der Waals surface area contributed by atoms with Gasteiger partial charge in [0.1, 0.15) is 22.8 Å². The summed E-state index contributed by atoms with van der Waals surface area (Å²) in [5.41, 5.74) is 3.11. The Morgan fingerprint density at radius 1 is 1.08 bits per heavy atom. The van der Waals surface area contributed by atoms with E-state index in [1.54, 1.807) is 12.3 Å². The van der Waals surface area contributed by atoms with E-state index in [9.17, 15) is 22.4 Å². The Hall–Kier alpha value is -3.55. The molecular weight excluding hydrogens is 508 g/mol. The Kier molecular flexibility index (Phi) is 9.30. The topological polar surface area (TPSA) is 52.1 Å². The normalized spacial score (nSPS) is 12.6. The van der Waals surface area contributed by atoms with Crippen LogP contribution in [-0.2, 0) is 28.8 Å². The lowest BCUT2D eigenvalue weighted by Gasteiger charge is -2.29. The molecule has 0 atom stereocenters. The number of benzene rings is 2. The van der Waals surface area contributed by atoms with Gasteiger partial charge in [-0.15, -0.1) is 0 Å². The zero-order valence-electron chi connectivity index (χ0n) is 23.0. The van der Waals surface area contributed by atoms with Crippen molar-refractivity contribution in [3.63, 3.8) is 0 Å². The molecule has 0 aliphatic rings. The van der Waals surface area contributed by atoms with Crippen LogP contribution < -0.4 is 0 Å². The Morgan fingerprint density at radius 2 is 1.77 bits per heavy atom. The third kappa shape index (κ3) is 6.91. The molecule has 0 aliphatic heterocycles. The van der Waals surface area contributed by atoms with Crippen LogP contribution in [-0.4, -0.2) is 29.0 Å². The van der Waals surface area contributed by atoms with Crippen LogP contribution in [0.3, 0.4) is 0 Å². The number of aromatic nitrogens is 2. The van der Waals surface area contributed by atoms with Crippen molar-refractivity contribution in [2.75, 3.05) is 7.11 Å². The summed E-state index contributed by atoms with van der Waals surface area (Å²) in [4.78, 5) is 21.8. The molecule has 1 aromatic heterocycles. The number of Topliss-reactive ketones (excluding diaryl/α,β-unsaturated/α-hetero) is 1. The first-order chi connectivity index (χ1) is 18.3. The Labute approximate surface area is 228 Å². The van der Waals surface area contributed by atoms with Gasteiger partial charge < -0.3 is 4.74 Å². The molecule has 210 valence electrons. The maximum atomic E-state index is 15.0. The summed E-state index contributed by atoms with van der Waals surface area (Å²) in [6.07, 6.45) is 0.600. The number of carbonyl (C=O) groups excluding carboxylic acids is 1. The first-order valence-corrected chi connectivity index (χ1v) is 12.9. The first kappa shape index (κ1) is 30.0. The van der Waals surface area contributed by atoms with Gasteiger partial charge in [-0.1, -0.05) is 39.0 Å². The highest BCUT2D eigenvalue weighted by Crippen LogP contribution is 2.44. The molecule has 3 rings (SSSR count). The molecule has 0 saturated carbocycles. The summed E-state index contributed by atoms with van der Waals surface area (Å²) in [7, 11) is 1.14. The monoisotopic (exact) mass is 544 g/mol. The van der Waals surface area contributed by atoms with Gasteiger partial charge in [0.05, 0.1) is 30.0 Å². The molecule has 0 N–H and O–H groups in total. The molecule has 0 bridgehead atoms. The number of methoxy groups -OCH3 is 1. The number of ketones is 1. The fraction of sp³-hybridized carbons (Fsp3) is 0.387. The number of allylic oxidation sites excluding steroid dienone is 3. The number of halogens is 4. The van der Waals surface area contributed by atoms with E-state index in [0.29, 0.717) is 11.3 Å². The number of hydrogen-bond donors (Lipinski definition) is 0. The molecule has 2 aromatic carbocycles. The third-order valence-electron chi connectivity index (χ3n) is 6.80. The smallest absolute Gasteiger partial charge is 0.400 e. The van der Waals surface area contributed by atoms with E-state index in [1.807, 2.05) is 6.07 Å². The van der Waals surface area contributed by atoms with E-state index < -0.39 is 17.4 Å². The van der Waals surface area contributed by atoms with Gasteiger partial charge in [-0.25, -0.2) is 9.37 Å². The zero-order valence-corrected chi connectivity index (χ0v) is 23.0. The highest BCUT2D eigenvalue weighted by molar-refractivity contribution is 5.84. The van der Waals surface area contributed by atoms with Gasteiger partial charge in [-0.05, 0) is 73.2 Å². The highest BCUT2D eigenvalue weighted by atomic mass is 19.4. The number of hydrogen-bond acceptors (Lipinski definition) is 4. The van der Waals surface area contributed by atoms with Crippen LogP contribution in [0.4, 0.5) is 17.6 Å². The summed E-state index contributed by atoms with van der Waals surface area (Å²) in [6.45, 7) is 9.90. The molecule has 8 heteroatoms. The van der Waals surface area contributed by atoms with Crippen LogP contribution in [0.2, 0.25) is 0 Å². The second kappa shape index (κ2) is 12.1. The van der Waals surface area contributed by atoms with Crippen LogP contribution in [0.1, 0.15) is 58.7 Å². The number of carbonyl (C=O) groups is 1. The van der Waals surface area contributed by atoms with Crippen molar-refractivity contribution in [3.8, 4) is 11.3 Å². The summed E-state index contributed by atoms with van der Waals surface area (Å²) in [5.74, 6) is -1.32. The number of rotatable bonds is 11. The number of alkyl halides is 3. The van der Waals surface area contributed by atoms with E-state index in [0.717, 1.165) is 57.3 Å². The van der Waals surface area contributed by atoms with Crippen LogP contribution in [0.15, 0.2) is 60.5 Å². The van der Waals surface area contributed by atoms with Crippen molar-refractivity contribution >= 4 is 16.8 Å². The van der Waals surface area contributed by atoms with Gasteiger partial charge in [0.2, 0.25) is 0 Å². The molecule has 4 nitrogen and oxygen atoms in total. The highest BCUT2D eigenvalue weighted by Gasteiger charge is 2.51. The second-order valence-corrected chi connectivity index (χ2v) is 10.2. The summed E-state index contributed by atoms with van der Waals surface area (Å²) in [6, 6.07) is 8.60. The summed E-state index contributed by atoms with van der Waals surface area (Å²) in [5, 5.41) is 0. The maximum absolute atomic E-state index is 15.0. The molecule has 0 unspecified atom stereocenters. The first-order valence-electron chi connectivity index (χ1n) is 12.9. The van der Waals surface area contributed by atoms with Gasteiger partial charge in [0.25, 0.3) is 0 Å². The van der Waals surface area contributed by atoms with E-state index in [4.69, 9.17) is 9.72 Å². The predicted molar refractivity (Wildman–Crippen MR) is 148 cm³/mol. The van der Waals surface area contributed by atoms with Crippen LogP contribution in [0, 0.1) is 11.2 Å². The van der Waals surface area contributed by atoms with Crippen molar-refractivity contribution in [2.24, 2.45) is 5.41 Å². The largest absolute Gasteiger partial charge is 0.500 e. The van der Waals surface area contributed by atoms with Crippen LogP contribution >= 0.6 is 0 Å². The average molecular weight is 545 g/mol. The lowest BCUT2D eigenvalue weighted by atomic mass is 9.88. The number of nitrogens with zero attached hydrogens (tertiary/aromatic N) is 2. The Morgan fingerprint density at radius 3 is 2.36 bits per heavy atom. The molecule has 0 fully saturated rings. The van der Waals surface area contributed by atoms with E-state index in [1.165, 1.54) is 23.3 Å². The minimum atomic E-state index is -4.55. The van der Waals surface area contributed by atoms with Gasteiger partial charge in [-0.3, -0.25) is 9.78 Å². The molecule has 0 saturated heterocycles. The number of ether oxygens (including phenoxy) is 1.